The van der Waals surface area contributed by atoms with Crippen molar-refractivity contribution < 1.29 is 9.13 Å². The molecule has 38 heavy (non-hydrogen) atoms. The summed E-state index contributed by atoms with van der Waals surface area (Å²) in [5, 5.41) is 8.64. The molecular formula is C30H43FN6O. The van der Waals surface area contributed by atoms with Crippen molar-refractivity contribution in [1.29, 1.82) is 0 Å². The van der Waals surface area contributed by atoms with Gasteiger partial charge in [0, 0.05) is 24.4 Å². The molecule has 0 unspecified atom stereocenters. The topological polar surface area (TPSA) is 78.6 Å². The van der Waals surface area contributed by atoms with Crippen molar-refractivity contribution in [1.82, 2.24) is 29.7 Å². The minimum atomic E-state index is -0.377. The third kappa shape index (κ3) is 9.01. The van der Waals surface area contributed by atoms with E-state index in [1.807, 2.05) is 63.7 Å². The zero-order valence-electron chi connectivity index (χ0n) is 24.6. The van der Waals surface area contributed by atoms with E-state index in [0.717, 1.165) is 47.1 Å². The fourth-order valence-electron chi connectivity index (χ4n) is 3.51. The molecule has 0 atom stereocenters. The minimum absolute atomic E-state index is 0.377. The molecule has 7 nitrogen and oxygen atoms in total. The number of aromatic nitrogens is 6. The summed E-state index contributed by atoms with van der Waals surface area (Å²) < 4.78 is 19.9. The van der Waals surface area contributed by atoms with Crippen molar-refractivity contribution in [3.05, 3.63) is 77.6 Å². The fourth-order valence-corrected chi connectivity index (χ4v) is 3.51. The summed E-state index contributed by atoms with van der Waals surface area (Å²) in [6.45, 7) is 18.3. The Hall–Kier alpha value is -3.68. The van der Waals surface area contributed by atoms with Crippen LogP contribution in [0.1, 0.15) is 71.2 Å². The normalized spacial score (nSPS) is 9.89. The van der Waals surface area contributed by atoms with Gasteiger partial charge in [0.25, 0.3) is 0 Å². The van der Waals surface area contributed by atoms with Crippen molar-refractivity contribution in [3.8, 4) is 22.8 Å². The van der Waals surface area contributed by atoms with Gasteiger partial charge in [0.15, 0.2) is 11.6 Å². The largest absolute Gasteiger partial charge is 0.495 e. The SMILES string of the molecule is CC.CC.CC(C)Cc1ncc(F)cn1.CCc1cncc(-c2nnc(C)n2-c2c(C)cccc2OC)c1. The van der Waals surface area contributed by atoms with Crippen LogP contribution >= 0.6 is 0 Å². The van der Waals surface area contributed by atoms with E-state index in [4.69, 9.17) is 4.74 Å². The molecule has 0 saturated heterocycles. The molecule has 0 aliphatic heterocycles. The third-order valence-electron chi connectivity index (χ3n) is 5.20. The molecule has 3 heterocycles. The minimum Gasteiger partial charge on any atom is -0.495 e. The number of aryl methyl sites for hydroxylation is 3. The summed E-state index contributed by atoms with van der Waals surface area (Å²) >= 11 is 0. The second kappa shape index (κ2) is 16.9. The highest BCUT2D eigenvalue weighted by Crippen LogP contribution is 2.31. The van der Waals surface area contributed by atoms with E-state index in [0.29, 0.717) is 11.7 Å². The summed E-state index contributed by atoms with van der Waals surface area (Å²) in [7, 11) is 1.68. The Bertz CT molecular complexity index is 1220. The lowest BCUT2D eigenvalue weighted by molar-refractivity contribution is 0.412. The first-order valence-corrected chi connectivity index (χ1v) is 13.3. The first-order valence-electron chi connectivity index (χ1n) is 13.3. The van der Waals surface area contributed by atoms with Crippen LogP contribution in [0, 0.1) is 25.6 Å². The van der Waals surface area contributed by atoms with Crippen LogP contribution < -0.4 is 4.74 Å². The van der Waals surface area contributed by atoms with Crippen LogP contribution in [0.15, 0.2) is 49.1 Å². The van der Waals surface area contributed by atoms with Gasteiger partial charge in [-0.05, 0) is 49.4 Å². The number of para-hydroxylation sites is 1. The van der Waals surface area contributed by atoms with Crippen LogP contribution in [0.25, 0.3) is 17.1 Å². The standard InChI is InChI=1S/C18H20N4O.C8H11FN2.2C2H6/c1-5-14-9-15(11-19-10-14)18-21-20-13(3)22(18)17-12(2)7-6-8-16(17)23-4;1-6(2)3-8-10-4-7(9)5-11-8;2*1-2/h6-11H,5H2,1-4H3;4-6H,3H2,1-2H3;2*1-2H3. The van der Waals surface area contributed by atoms with Crippen LogP contribution in [0.3, 0.4) is 0 Å². The second-order valence-electron chi connectivity index (χ2n) is 8.38. The predicted octanol–water partition coefficient (Wildman–Crippen LogP) is 7.38. The monoisotopic (exact) mass is 522 g/mol. The summed E-state index contributed by atoms with van der Waals surface area (Å²) in [6, 6.07) is 8.10. The van der Waals surface area contributed by atoms with Crippen molar-refractivity contribution in [2.75, 3.05) is 7.11 Å². The van der Waals surface area contributed by atoms with Gasteiger partial charge >= 0.3 is 0 Å². The number of methoxy groups -OCH3 is 1. The number of nitrogens with zero attached hydrogens (tertiary/aromatic N) is 6. The van der Waals surface area contributed by atoms with Gasteiger partial charge in [-0.1, -0.05) is 60.6 Å². The van der Waals surface area contributed by atoms with Gasteiger partial charge in [0.05, 0.1) is 25.2 Å². The zero-order valence-corrected chi connectivity index (χ0v) is 24.6. The molecule has 8 heteroatoms. The molecular weight excluding hydrogens is 479 g/mol. The molecule has 0 bridgehead atoms. The first kappa shape index (κ1) is 32.3. The van der Waals surface area contributed by atoms with E-state index >= 15 is 0 Å². The van der Waals surface area contributed by atoms with Crippen LogP contribution in [-0.2, 0) is 12.8 Å². The van der Waals surface area contributed by atoms with Crippen LogP contribution in [0.5, 0.6) is 5.75 Å². The van der Waals surface area contributed by atoms with E-state index < -0.39 is 0 Å². The Labute approximate surface area is 227 Å². The molecule has 4 aromatic rings. The van der Waals surface area contributed by atoms with Crippen LogP contribution in [-0.4, -0.2) is 36.8 Å². The highest BCUT2D eigenvalue weighted by atomic mass is 19.1. The Balaban J connectivity index is 0.000000405. The Morgan fingerprint density at radius 2 is 1.61 bits per heavy atom. The highest BCUT2D eigenvalue weighted by Gasteiger charge is 2.18. The Kier molecular flexibility index (Phi) is 14.4. The number of hydrogen-bond acceptors (Lipinski definition) is 6. The summed E-state index contributed by atoms with van der Waals surface area (Å²) in [6.07, 6.45) is 7.84. The van der Waals surface area contributed by atoms with Crippen molar-refractivity contribution in [2.45, 2.75) is 75.2 Å². The zero-order chi connectivity index (χ0) is 28.7. The van der Waals surface area contributed by atoms with E-state index in [9.17, 15) is 4.39 Å². The van der Waals surface area contributed by atoms with Crippen molar-refractivity contribution in [3.63, 3.8) is 0 Å². The highest BCUT2D eigenvalue weighted by molar-refractivity contribution is 5.63. The maximum atomic E-state index is 12.3. The van der Waals surface area contributed by atoms with Gasteiger partial charge in [-0.25, -0.2) is 14.4 Å². The quantitative estimate of drug-likeness (QED) is 0.263. The van der Waals surface area contributed by atoms with E-state index in [2.05, 4.69) is 65.0 Å². The molecule has 0 radical (unpaired) electrons. The van der Waals surface area contributed by atoms with Gasteiger partial charge < -0.3 is 4.74 Å². The van der Waals surface area contributed by atoms with Gasteiger partial charge in [0.1, 0.15) is 17.4 Å². The number of ether oxygens (including phenoxy) is 1. The molecule has 4 rings (SSSR count). The van der Waals surface area contributed by atoms with Crippen molar-refractivity contribution >= 4 is 0 Å². The predicted molar refractivity (Wildman–Crippen MR) is 153 cm³/mol. The Morgan fingerprint density at radius 1 is 0.947 bits per heavy atom. The number of rotatable bonds is 6. The molecule has 0 N–H and O–H groups in total. The average Bonchev–Trinajstić information content (AvgIpc) is 3.33. The lowest BCUT2D eigenvalue weighted by Crippen LogP contribution is -2.05. The summed E-state index contributed by atoms with van der Waals surface area (Å²) in [5.74, 6) is 3.24. The average molecular weight is 523 g/mol. The van der Waals surface area contributed by atoms with Gasteiger partial charge in [-0.15, -0.1) is 10.2 Å². The molecule has 0 spiro atoms. The maximum Gasteiger partial charge on any atom is 0.170 e. The number of pyridine rings is 1. The molecule has 3 aromatic heterocycles. The molecule has 0 saturated carbocycles. The van der Waals surface area contributed by atoms with Crippen molar-refractivity contribution in [2.24, 2.45) is 5.92 Å². The fraction of sp³-hybridized carbons (Fsp3) is 0.433. The Morgan fingerprint density at radius 3 is 2.18 bits per heavy atom. The number of hydrogen-bond donors (Lipinski definition) is 0. The smallest absolute Gasteiger partial charge is 0.170 e. The van der Waals surface area contributed by atoms with E-state index in [-0.39, 0.29) is 5.82 Å². The second-order valence-corrected chi connectivity index (χ2v) is 8.38. The first-order chi connectivity index (χ1) is 18.3. The van der Waals surface area contributed by atoms with E-state index in [1.165, 1.54) is 18.0 Å². The van der Waals surface area contributed by atoms with Gasteiger partial charge in [0.2, 0.25) is 0 Å². The number of halogens is 1. The van der Waals surface area contributed by atoms with Gasteiger partial charge in [-0.2, -0.15) is 0 Å². The lowest BCUT2D eigenvalue weighted by Gasteiger charge is -2.15. The van der Waals surface area contributed by atoms with E-state index in [1.54, 1.807) is 7.11 Å². The number of benzene rings is 1. The molecule has 1 aromatic carbocycles. The molecule has 0 aliphatic carbocycles. The molecule has 0 amide bonds. The van der Waals surface area contributed by atoms with Gasteiger partial charge in [-0.3, -0.25) is 9.55 Å². The van der Waals surface area contributed by atoms with Crippen LogP contribution in [0.4, 0.5) is 4.39 Å². The molecule has 0 aliphatic rings. The summed E-state index contributed by atoms with van der Waals surface area (Å²) in [5.41, 5.74) is 4.20. The lowest BCUT2D eigenvalue weighted by atomic mass is 10.1. The molecule has 206 valence electrons. The summed E-state index contributed by atoms with van der Waals surface area (Å²) in [4.78, 5) is 12.0. The maximum absolute atomic E-state index is 12.3. The molecule has 0 fully saturated rings. The third-order valence-corrected chi connectivity index (χ3v) is 5.20. The van der Waals surface area contributed by atoms with Crippen LogP contribution in [0.2, 0.25) is 0 Å².